The van der Waals surface area contributed by atoms with E-state index in [0.29, 0.717) is 36.0 Å². The molecule has 0 aliphatic carbocycles. The Labute approximate surface area is 232 Å². The second-order valence-electron chi connectivity index (χ2n) is 9.85. The Bertz CT molecular complexity index is 1560. The molecule has 39 heavy (non-hydrogen) atoms. The molecule has 2 aromatic carbocycles. The van der Waals surface area contributed by atoms with Gasteiger partial charge in [-0.25, -0.2) is 9.97 Å². The second-order valence-corrected chi connectivity index (χ2v) is 10.3. The zero-order valence-electron chi connectivity index (χ0n) is 22.1. The molecule has 8 nitrogen and oxygen atoms in total. The van der Waals surface area contributed by atoms with Crippen molar-refractivity contribution in [3.8, 4) is 11.3 Å². The van der Waals surface area contributed by atoms with Crippen molar-refractivity contribution in [2.24, 2.45) is 0 Å². The Morgan fingerprint density at radius 3 is 2.59 bits per heavy atom. The summed E-state index contributed by atoms with van der Waals surface area (Å²) in [5.41, 5.74) is 6.38. The van der Waals surface area contributed by atoms with E-state index in [2.05, 4.69) is 35.3 Å². The second kappa shape index (κ2) is 11.2. The summed E-state index contributed by atoms with van der Waals surface area (Å²) < 4.78 is 1.91. The van der Waals surface area contributed by atoms with Crippen LogP contribution in [0.5, 0.6) is 0 Å². The molecule has 0 saturated heterocycles. The standard InChI is InChI=1S/C30H29ClN6O2/c1-19(2)37-18-24(16-33-37)29-20(3)15-32-30(35-29)34-26-9-6-23-17-36(13-12-22(23)14-26)28(39)11-10-27(38)21-4-7-25(31)8-5-21/h4-11,14-16,18-19H,12-13,17H2,1-3H3,(H,32,34,35)/b11-10+. The minimum absolute atomic E-state index is 0.188. The molecule has 0 radical (unpaired) electrons. The Kier molecular flexibility index (Phi) is 7.56. The maximum absolute atomic E-state index is 12.8. The van der Waals surface area contributed by atoms with E-state index in [1.54, 1.807) is 29.2 Å². The van der Waals surface area contributed by atoms with Gasteiger partial charge in [-0.05, 0) is 86.4 Å². The van der Waals surface area contributed by atoms with Crippen LogP contribution in [0.25, 0.3) is 11.3 Å². The van der Waals surface area contributed by atoms with Gasteiger partial charge < -0.3 is 10.2 Å². The highest BCUT2D eigenvalue weighted by Gasteiger charge is 2.20. The third kappa shape index (κ3) is 6.07. The molecule has 9 heteroatoms. The number of nitrogens with one attached hydrogen (secondary N) is 1. The highest BCUT2D eigenvalue weighted by Crippen LogP contribution is 2.26. The Morgan fingerprint density at radius 2 is 1.85 bits per heavy atom. The van der Waals surface area contributed by atoms with E-state index in [0.717, 1.165) is 33.6 Å². The van der Waals surface area contributed by atoms with E-state index in [1.807, 2.05) is 42.3 Å². The van der Waals surface area contributed by atoms with Crippen molar-refractivity contribution >= 4 is 34.9 Å². The van der Waals surface area contributed by atoms with Gasteiger partial charge in [0.15, 0.2) is 5.78 Å². The number of fused-ring (bicyclic) bond motifs is 1. The minimum atomic E-state index is -0.233. The summed E-state index contributed by atoms with van der Waals surface area (Å²) in [5.74, 6) is 0.0888. The maximum atomic E-state index is 12.8. The fourth-order valence-electron chi connectivity index (χ4n) is 4.45. The number of aromatic nitrogens is 4. The van der Waals surface area contributed by atoms with Gasteiger partial charge in [0.25, 0.3) is 0 Å². The van der Waals surface area contributed by atoms with Gasteiger partial charge >= 0.3 is 0 Å². The fourth-order valence-corrected chi connectivity index (χ4v) is 4.57. The Morgan fingerprint density at radius 1 is 1.05 bits per heavy atom. The molecule has 1 N–H and O–H groups in total. The summed E-state index contributed by atoms with van der Waals surface area (Å²) in [6.45, 7) is 7.21. The molecule has 0 fully saturated rings. The zero-order valence-corrected chi connectivity index (χ0v) is 22.8. The number of aryl methyl sites for hydroxylation is 1. The van der Waals surface area contributed by atoms with Gasteiger partial charge in [-0.3, -0.25) is 14.3 Å². The Balaban J connectivity index is 1.24. The topological polar surface area (TPSA) is 93.0 Å². The highest BCUT2D eigenvalue weighted by atomic mass is 35.5. The van der Waals surface area contributed by atoms with Crippen LogP contribution < -0.4 is 5.32 Å². The largest absolute Gasteiger partial charge is 0.334 e. The predicted octanol–water partition coefficient (Wildman–Crippen LogP) is 5.95. The zero-order chi connectivity index (χ0) is 27.5. The summed E-state index contributed by atoms with van der Waals surface area (Å²) in [6.07, 6.45) is 9.01. The van der Waals surface area contributed by atoms with Crippen molar-refractivity contribution in [3.05, 3.63) is 100 Å². The molecule has 3 heterocycles. The van der Waals surface area contributed by atoms with E-state index >= 15 is 0 Å². The number of carbonyl (C=O) groups excluding carboxylic acids is 2. The molecular weight excluding hydrogens is 512 g/mol. The molecule has 0 atom stereocenters. The highest BCUT2D eigenvalue weighted by molar-refractivity contribution is 6.30. The fraction of sp³-hybridized carbons (Fsp3) is 0.233. The normalized spacial score (nSPS) is 13.1. The maximum Gasteiger partial charge on any atom is 0.247 e. The van der Waals surface area contributed by atoms with Gasteiger partial charge in [-0.2, -0.15) is 5.10 Å². The third-order valence-corrected chi connectivity index (χ3v) is 6.92. The van der Waals surface area contributed by atoms with Gasteiger partial charge in [0.2, 0.25) is 11.9 Å². The monoisotopic (exact) mass is 540 g/mol. The van der Waals surface area contributed by atoms with E-state index < -0.39 is 0 Å². The van der Waals surface area contributed by atoms with E-state index in [9.17, 15) is 9.59 Å². The number of allylic oxidation sites excluding steroid dienone is 1. The van der Waals surface area contributed by atoms with Crippen LogP contribution >= 0.6 is 11.6 Å². The van der Waals surface area contributed by atoms with Crippen LogP contribution in [0.1, 0.15) is 46.9 Å². The summed E-state index contributed by atoms with van der Waals surface area (Å²) in [6, 6.07) is 12.9. The quantitative estimate of drug-likeness (QED) is 0.230. The van der Waals surface area contributed by atoms with Gasteiger partial charge in [0.1, 0.15) is 0 Å². The summed E-state index contributed by atoms with van der Waals surface area (Å²) >= 11 is 5.88. The van der Waals surface area contributed by atoms with E-state index in [1.165, 1.54) is 12.2 Å². The molecule has 4 aromatic rings. The first kappa shape index (κ1) is 26.3. The van der Waals surface area contributed by atoms with Crippen LogP contribution in [0.3, 0.4) is 0 Å². The number of carbonyl (C=O) groups is 2. The first-order valence-electron chi connectivity index (χ1n) is 12.8. The average molecular weight is 541 g/mol. The minimum Gasteiger partial charge on any atom is -0.334 e. The summed E-state index contributed by atoms with van der Waals surface area (Å²) in [5, 5.41) is 8.31. The lowest BCUT2D eigenvalue weighted by Crippen LogP contribution is -2.34. The number of halogens is 1. The molecule has 0 saturated carbocycles. The lowest BCUT2D eigenvalue weighted by Gasteiger charge is -2.28. The molecule has 5 rings (SSSR count). The van der Waals surface area contributed by atoms with Crippen LogP contribution in [-0.2, 0) is 17.8 Å². The van der Waals surface area contributed by atoms with E-state index in [-0.39, 0.29) is 17.7 Å². The number of nitrogens with zero attached hydrogens (tertiary/aromatic N) is 5. The van der Waals surface area contributed by atoms with Crippen molar-refractivity contribution in [1.82, 2.24) is 24.6 Å². The third-order valence-electron chi connectivity index (χ3n) is 6.67. The van der Waals surface area contributed by atoms with Crippen molar-refractivity contribution in [1.29, 1.82) is 0 Å². The van der Waals surface area contributed by atoms with Crippen molar-refractivity contribution in [2.45, 2.75) is 39.8 Å². The first-order chi connectivity index (χ1) is 18.8. The molecule has 0 unspecified atom stereocenters. The van der Waals surface area contributed by atoms with Crippen LogP contribution in [0.15, 0.2) is 73.2 Å². The summed E-state index contributed by atoms with van der Waals surface area (Å²) in [4.78, 5) is 36.1. The lowest BCUT2D eigenvalue weighted by molar-refractivity contribution is -0.126. The van der Waals surface area contributed by atoms with Crippen LogP contribution in [0.4, 0.5) is 11.6 Å². The molecule has 198 valence electrons. The molecule has 0 spiro atoms. The number of anilines is 2. The molecule has 1 amide bonds. The first-order valence-corrected chi connectivity index (χ1v) is 13.2. The van der Waals surface area contributed by atoms with Crippen molar-refractivity contribution in [2.75, 3.05) is 11.9 Å². The Hall–Kier alpha value is -4.30. The molecular formula is C30H29ClN6O2. The van der Waals surface area contributed by atoms with Crippen molar-refractivity contribution in [3.63, 3.8) is 0 Å². The molecule has 1 aliphatic heterocycles. The van der Waals surface area contributed by atoms with Crippen LogP contribution in [-0.4, -0.2) is 42.9 Å². The van der Waals surface area contributed by atoms with Crippen LogP contribution in [0.2, 0.25) is 5.02 Å². The molecule has 1 aliphatic rings. The number of benzene rings is 2. The lowest BCUT2D eigenvalue weighted by atomic mass is 9.99. The molecule has 2 aromatic heterocycles. The van der Waals surface area contributed by atoms with E-state index in [4.69, 9.17) is 16.6 Å². The average Bonchev–Trinajstić information content (AvgIpc) is 3.43. The molecule has 0 bridgehead atoms. The SMILES string of the molecule is Cc1cnc(Nc2ccc3c(c2)CCN(C(=O)/C=C/C(=O)c2ccc(Cl)cc2)C3)nc1-c1cnn(C(C)C)c1. The number of ketones is 1. The summed E-state index contributed by atoms with van der Waals surface area (Å²) in [7, 11) is 0. The van der Waals surface area contributed by atoms with Gasteiger partial charge in [0, 0.05) is 59.4 Å². The van der Waals surface area contributed by atoms with Crippen molar-refractivity contribution < 1.29 is 9.59 Å². The van der Waals surface area contributed by atoms with Gasteiger partial charge in [-0.1, -0.05) is 17.7 Å². The van der Waals surface area contributed by atoms with Crippen LogP contribution in [0, 0.1) is 6.92 Å². The predicted molar refractivity (Wildman–Crippen MR) is 152 cm³/mol. The number of hydrogen-bond donors (Lipinski definition) is 1. The number of rotatable bonds is 7. The van der Waals surface area contributed by atoms with Gasteiger partial charge in [0.05, 0.1) is 11.9 Å². The number of amides is 1. The smallest absolute Gasteiger partial charge is 0.247 e. The van der Waals surface area contributed by atoms with Gasteiger partial charge in [-0.15, -0.1) is 0 Å². The number of hydrogen-bond acceptors (Lipinski definition) is 6.